The number of allylic oxidation sites excluding steroid dienone is 3. The van der Waals surface area contributed by atoms with Crippen molar-refractivity contribution >= 4 is 5.97 Å². The van der Waals surface area contributed by atoms with Gasteiger partial charge in [-0.05, 0) is 37.5 Å². The molecule has 0 aliphatic carbocycles. The molecule has 3 nitrogen and oxygen atoms in total. The maximum Gasteiger partial charge on any atom is 0.336 e. The average Bonchev–Trinajstić information content (AvgIpc) is 2.47. The van der Waals surface area contributed by atoms with Gasteiger partial charge in [0.2, 0.25) is 0 Å². The van der Waals surface area contributed by atoms with Gasteiger partial charge >= 0.3 is 5.97 Å². The highest BCUT2D eigenvalue weighted by molar-refractivity contribution is 5.92. The lowest BCUT2D eigenvalue weighted by atomic mass is 9.84. The molecule has 0 fully saturated rings. The standard InChI is InChI=1S/C18H22FNO2/c1-5-22-18(21)16-15(13-6-8-14(19)9-7-13)10-12(4)20-17(16)11(2)3/h6-11,15,20H,5H2,1-4H3. The molecular formula is C18H22FNO2. The summed E-state index contributed by atoms with van der Waals surface area (Å²) in [6, 6.07) is 6.26. The summed E-state index contributed by atoms with van der Waals surface area (Å²) in [6.45, 7) is 8.13. The average molecular weight is 303 g/mol. The normalized spacial score (nSPS) is 18.1. The van der Waals surface area contributed by atoms with Crippen LogP contribution >= 0.6 is 0 Å². The third-order valence-corrected chi connectivity index (χ3v) is 3.65. The summed E-state index contributed by atoms with van der Waals surface area (Å²) >= 11 is 0. The molecular weight excluding hydrogens is 281 g/mol. The third-order valence-electron chi connectivity index (χ3n) is 3.65. The van der Waals surface area contributed by atoms with Crippen molar-refractivity contribution in [3.8, 4) is 0 Å². The van der Waals surface area contributed by atoms with Crippen molar-refractivity contribution in [2.24, 2.45) is 5.92 Å². The molecule has 1 aromatic carbocycles. The monoisotopic (exact) mass is 303 g/mol. The number of nitrogens with one attached hydrogen (secondary N) is 1. The topological polar surface area (TPSA) is 38.3 Å². The van der Waals surface area contributed by atoms with E-state index in [-0.39, 0.29) is 23.6 Å². The van der Waals surface area contributed by atoms with Crippen molar-refractivity contribution in [1.29, 1.82) is 0 Å². The molecule has 4 heteroatoms. The van der Waals surface area contributed by atoms with Crippen LogP contribution in [0.3, 0.4) is 0 Å². The molecule has 1 aliphatic rings. The van der Waals surface area contributed by atoms with Crippen molar-refractivity contribution in [3.63, 3.8) is 0 Å². The van der Waals surface area contributed by atoms with Crippen LogP contribution in [0, 0.1) is 11.7 Å². The predicted molar refractivity (Wildman–Crippen MR) is 84.5 cm³/mol. The molecule has 0 aromatic heterocycles. The number of esters is 1. The Balaban J connectivity index is 2.53. The number of carbonyl (C=O) groups excluding carboxylic acids is 1. The Labute approximate surface area is 130 Å². The van der Waals surface area contributed by atoms with Gasteiger partial charge < -0.3 is 10.1 Å². The van der Waals surface area contributed by atoms with Gasteiger partial charge in [-0.15, -0.1) is 0 Å². The zero-order valence-electron chi connectivity index (χ0n) is 13.4. The first-order valence-corrected chi connectivity index (χ1v) is 7.56. The minimum absolute atomic E-state index is 0.158. The Bertz CT molecular complexity index is 614. The van der Waals surface area contributed by atoms with Crippen LogP contribution in [0.15, 0.2) is 47.3 Å². The van der Waals surface area contributed by atoms with Crippen LogP contribution in [0.5, 0.6) is 0 Å². The van der Waals surface area contributed by atoms with Gasteiger partial charge in [-0.3, -0.25) is 0 Å². The number of dihydropyridines is 1. The van der Waals surface area contributed by atoms with E-state index in [1.54, 1.807) is 19.1 Å². The molecule has 0 radical (unpaired) electrons. The molecule has 118 valence electrons. The SMILES string of the molecule is CCOC(=O)C1=C(C(C)C)NC(C)=CC1c1ccc(F)cc1. The smallest absolute Gasteiger partial charge is 0.336 e. The van der Waals surface area contributed by atoms with E-state index in [9.17, 15) is 9.18 Å². The van der Waals surface area contributed by atoms with Gasteiger partial charge in [-0.2, -0.15) is 0 Å². The number of benzene rings is 1. The molecule has 0 bridgehead atoms. The predicted octanol–water partition coefficient (Wildman–Crippen LogP) is 3.89. The minimum atomic E-state index is -0.322. The molecule has 0 saturated carbocycles. The largest absolute Gasteiger partial charge is 0.463 e. The summed E-state index contributed by atoms with van der Waals surface area (Å²) < 4.78 is 18.4. The van der Waals surface area contributed by atoms with Crippen LogP contribution in [-0.4, -0.2) is 12.6 Å². The van der Waals surface area contributed by atoms with Gasteiger partial charge in [0.25, 0.3) is 0 Å². The van der Waals surface area contributed by atoms with Crippen molar-refractivity contribution in [2.45, 2.75) is 33.6 Å². The molecule has 1 aliphatic heterocycles. The van der Waals surface area contributed by atoms with E-state index in [1.807, 2.05) is 26.8 Å². The molecule has 0 saturated heterocycles. The van der Waals surface area contributed by atoms with Crippen LogP contribution in [0.4, 0.5) is 4.39 Å². The van der Waals surface area contributed by atoms with Crippen molar-refractivity contribution in [1.82, 2.24) is 5.32 Å². The number of hydrogen-bond acceptors (Lipinski definition) is 3. The Morgan fingerprint density at radius 3 is 2.50 bits per heavy atom. The fourth-order valence-electron chi connectivity index (χ4n) is 2.66. The molecule has 1 aromatic rings. The third kappa shape index (κ3) is 3.38. The first-order valence-electron chi connectivity index (χ1n) is 7.56. The number of carbonyl (C=O) groups is 1. The van der Waals surface area contributed by atoms with Gasteiger partial charge in [0, 0.05) is 17.3 Å². The quantitative estimate of drug-likeness (QED) is 0.858. The molecule has 0 amide bonds. The summed E-state index contributed by atoms with van der Waals surface area (Å²) in [5, 5.41) is 3.28. The highest BCUT2D eigenvalue weighted by Crippen LogP contribution is 2.35. The van der Waals surface area contributed by atoms with Crippen LogP contribution in [-0.2, 0) is 9.53 Å². The lowest BCUT2D eigenvalue weighted by Crippen LogP contribution is -2.29. The second kappa shape index (κ2) is 6.77. The van der Waals surface area contributed by atoms with Crippen LogP contribution in [0.1, 0.15) is 39.2 Å². The number of rotatable bonds is 4. The number of hydrogen-bond donors (Lipinski definition) is 1. The Morgan fingerprint density at radius 1 is 1.32 bits per heavy atom. The fraction of sp³-hybridized carbons (Fsp3) is 0.389. The second-order valence-electron chi connectivity index (χ2n) is 5.71. The molecule has 1 N–H and O–H groups in total. The zero-order valence-corrected chi connectivity index (χ0v) is 13.4. The van der Waals surface area contributed by atoms with E-state index in [4.69, 9.17) is 4.74 Å². The summed E-state index contributed by atoms with van der Waals surface area (Å²) in [5.41, 5.74) is 3.33. The number of halogens is 1. The lowest BCUT2D eigenvalue weighted by Gasteiger charge is -2.29. The van der Waals surface area contributed by atoms with Gasteiger partial charge in [-0.1, -0.05) is 32.1 Å². The van der Waals surface area contributed by atoms with Crippen molar-refractivity contribution in [2.75, 3.05) is 6.61 Å². The summed E-state index contributed by atoms with van der Waals surface area (Å²) in [6.07, 6.45) is 1.98. The highest BCUT2D eigenvalue weighted by atomic mass is 19.1. The van der Waals surface area contributed by atoms with E-state index in [2.05, 4.69) is 5.32 Å². The molecule has 2 rings (SSSR count). The fourth-order valence-corrected chi connectivity index (χ4v) is 2.66. The van der Waals surface area contributed by atoms with E-state index in [1.165, 1.54) is 12.1 Å². The summed E-state index contributed by atoms with van der Waals surface area (Å²) in [5.74, 6) is -0.676. The zero-order chi connectivity index (χ0) is 16.3. The van der Waals surface area contributed by atoms with E-state index >= 15 is 0 Å². The first-order chi connectivity index (χ1) is 10.4. The molecule has 0 spiro atoms. The van der Waals surface area contributed by atoms with Gasteiger partial charge in [0.05, 0.1) is 12.2 Å². The Hall–Kier alpha value is -2.10. The van der Waals surface area contributed by atoms with Gasteiger partial charge in [-0.25, -0.2) is 9.18 Å². The Morgan fingerprint density at radius 2 is 1.95 bits per heavy atom. The molecule has 1 heterocycles. The minimum Gasteiger partial charge on any atom is -0.463 e. The summed E-state index contributed by atoms with van der Waals surface area (Å²) in [4.78, 5) is 12.4. The maximum atomic E-state index is 13.2. The van der Waals surface area contributed by atoms with Crippen molar-refractivity contribution < 1.29 is 13.9 Å². The number of ether oxygens (including phenoxy) is 1. The van der Waals surface area contributed by atoms with Crippen molar-refractivity contribution in [3.05, 3.63) is 58.7 Å². The summed E-state index contributed by atoms with van der Waals surface area (Å²) in [7, 11) is 0. The second-order valence-corrected chi connectivity index (χ2v) is 5.71. The molecule has 1 atom stereocenters. The van der Waals surface area contributed by atoms with Gasteiger partial charge in [0.1, 0.15) is 5.82 Å². The van der Waals surface area contributed by atoms with E-state index in [0.717, 1.165) is 17.0 Å². The van der Waals surface area contributed by atoms with Crippen LogP contribution in [0.25, 0.3) is 0 Å². The van der Waals surface area contributed by atoms with Crippen LogP contribution < -0.4 is 5.32 Å². The maximum absolute atomic E-state index is 13.2. The lowest BCUT2D eigenvalue weighted by molar-refractivity contribution is -0.138. The first kappa shape index (κ1) is 16.3. The van der Waals surface area contributed by atoms with Gasteiger partial charge in [0.15, 0.2) is 0 Å². The van der Waals surface area contributed by atoms with Crippen LogP contribution in [0.2, 0.25) is 0 Å². The van der Waals surface area contributed by atoms with E-state index in [0.29, 0.717) is 12.2 Å². The molecule has 22 heavy (non-hydrogen) atoms. The Kier molecular flexibility index (Phi) is 5.01. The molecule has 1 unspecified atom stereocenters. The highest BCUT2D eigenvalue weighted by Gasteiger charge is 2.30. The van der Waals surface area contributed by atoms with E-state index < -0.39 is 0 Å².